The number of ether oxygens (including phenoxy) is 2. The van der Waals surface area contributed by atoms with Crippen LogP contribution in [0, 0.1) is 3.57 Å². The molecule has 0 fully saturated rings. The van der Waals surface area contributed by atoms with Crippen LogP contribution in [-0.4, -0.2) is 19.0 Å². The Morgan fingerprint density at radius 2 is 1.75 bits per heavy atom. The molecule has 0 N–H and O–H groups in total. The molecule has 20 heavy (non-hydrogen) atoms. The summed E-state index contributed by atoms with van der Waals surface area (Å²) in [4.78, 5) is 12.0. The Morgan fingerprint density at radius 3 is 2.40 bits per heavy atom. The van der Waals surface area contributed by atoms with Gasteiger partial charge in [0.2, 0.25) is 0 Å². The Kier molecular flexibility index (Phi) is 5.40. The van der Waals surface area contributed by atoms with Gasteiger partial charge < -0.3 is 9.47 Å². The highest BCUT2D eigenvalue weighted by molar-refractivity contribution is 14.1. The molecule has 3 nitrogen and oxygen atoms in total. The lowest BCUT2D eigenvalue weighted by molar-refractivity contribution is 0.0921. The number of ketones is 1. The van der Waals surface area contributed by atoms with Crippen LogP contribution in [0.15, 0.2) is 48.5 Å². The number of hydrogen-bond donors (Lipinski definition) is 0. The van der Waals surface area contributed by atoms with Crippen LogP contribution in [0.2, 0.25) is 0 Å². The monoisotopic (exact) mass is 382 g/mol. The average molecular weight is 382 g/mol. The Balaban J connectivity index is 1.96. The first kappa shape index (κ1) is 14.8. The van der Waals surface area contributed by atoms with Crippen molar-refractivity contribution in [2.24, 2.45) is 0 Å². The maximum Gasteiger partial charge on any atom is 0.200 e. The van der Waals surface area contributed by atoms with E-state index in [1.807, 2.05) is 31.2 Å². The van der Waals surface area contributed by atoms with Gasteiger partial charge in [0.05, 0.1) is 10.2 Å². The van der Waals surface area contributed by atoms with Gasteiger partial charge in [-0.15, -0.1) is 0 Å². The van der Waals surface area contributed by atoms with Gasteiger partial charge in [-0.3, -0.25) is 4.79 Å². The predicted molar refractivity (Wildman–Crippen MR) is 86.6 cm³/mol. The summed E-state index contributed by atoms with van der Waals surface area (Å²) in [5.41, 5.74) is 0.624. The summed E-state index contributed by atoms with van der Waals surface area (Å²) in [7, 11) is 0. The molecule has 4 heteroatoms. The topological polar surface area (TPSA) is 35.5 Å². The Hall–Kier alpha value is -1.56. The summed E-state index contributed by atoms with van der Waals surface area (Å²) in [5, 5.41) is 0. The fraction of sp³-hybridized carbons (Fsp3) is 0.188. The fourth-order valence-electron chi connectivity index (χ4n) is 1.69. The molecular weight excluding hydrogens is 367 g/mol. The van der Waals surface area contributed by atoms with E-state index >= 15 is 0 Å². The van der Waals surface area contributed by atoms with Crippen LogP contribution in [0.4, 0.5) is 0 Å². The molecule has 0 aliphatic heterocycles. The molecule has 2 rings (SSSR count). The normalized spacial score (nSPS) is 10.1. The lowest BCUT2D eigenvalue weighted by atomic mass is 10.1. The van der Waals surface area contributed by atoms with Crippen molar-refractivity contribution in [1.29, 1.82) is 0 Å². The molecular formula is C16H15IO3. The van der Waals surface area contributed by atoms with Gasteiger partial charge in [-0.05, 0) is 65.9 Å². The first-order chi connectivity index (χ1) is 9.70. The zero-order chi connectivity index (χ0) is 14.4. The molecule has 0 amide bonds. The van der Waals surface area contributed by atoms with Crippen molar-refractivity contribution in [3.05, 3.63) is 57.7 Å². The number of Topliss-reactive ketones (excluding diaryl/α,β-unsaturated/α-hetero) is 1. The smallest absolute Gasteiger partial charge is 0.200 e. The zero-order valence-electron chi connectivity index (χ0n) is 11.1. The lowest BCUT2D eigenvalue weighted by Crippen LogP contribution is -2.12. The van der Waals surface area contributed by atoms with Crippen LogP contribution in [0.5, 0.6) is 11.5 Å². The van der Waals surface area contributed by atoms with Crippen LogP contribution in [0.25, 0.3) is 0 Å². The van der Waals surface area contributed by atoms with Gasteiger partial charge in [0.25, 0.3) is 0 Å². The van der Waals surface area contributed by atoms with Crippen molar-refractivity contribution in [2.45, 2.75) is 6.92 Å². The molecule has 0 saturated heterocycles. The zero-order valence-corrected chi connectivity index (χ0v) is 13.3. The minimum atomic E-state index is -0.0484. The van der Waals surface area contributed by atoms with Gasteiger partial charge in [0.15, 0.2) is 12.4 Å². The van der Waals surface area contributed by atoms with Crippen molar-refractivity contribution in [2.75, 3.05) is 13.2 Å². The number of carbonyl (C=O) groups is 1. The van der Waals surface area contributed by atoms with E-state index in [1.165, 1.54) is 0 Å². The van der Waals surface area contributed by atoms with Gasteiger partial charge in [-0.25, -0.2) is 0 Å². The molecule has 0 heterocycles. The summed E-state index contributed by atoms with van der Waals surface area (Å²) in [6.45, 7) is 2.57. The average Bonchev–Trinajstić information content (AvgIpc) is 2.47. The summed E-state index contributed by atoms with van der Waals surface area (Å²) >= 11 is 2.18. The van der Waals surface area contributed by atoms with Crippen molar-refractivity contribution < 1.29 is 14.3 Å². The fourth-order valence-corrected chi connectivity index (χ4v) is 2.24. The largest absolute Gasteiger partial charge is 0.494 e. The van der Waals surface area contributed by atoms with Crippen LogP contribution in [0.3, 0.4) is 0 Å². The molecule has 0 spiro atoms. The standard InChI is InChI=1S/C16H15IO3/c1-2-19-13-9-7-12(8-10-13)15(18)11-20-16-6-4-3-5-14(16)17/h3-10H,2,11H2,1H3. The molecule has 0 bridgehead atoms. The second-order valence-corrected chi connectivity index (χ2v) is 5.26. The lowest BCUT2D eigenvalue weighted by Gasteiger charge is -2.08. The van der Waals surface area contributed by atoms with Gasteiger partial charge in [0, 0.05) is 5.56 Å². The quantitative estimate of drug-likeness (QED) is 0.561. The number of rotatable bonds is 6. The van der Waals surface area contributed by atoms with Crippen LogP contribution in [0.1, 0.15) is 17.3 Å². The molecule has 0 aliphatic rings. The Morgan fingerprint density at radius 1 is 1.05 bits per heavy atom. The molecule has 0 radical (unpaired) electrons. The first-order valence-electron chi connectivity index (χ1n) is 6.34. The summed E-state index contributed by atoms with van der Waals surface area (Å²) in [6.07, 6.45) is 0. The number of halogens is 1. The number of para-hydroxylation sites is 1. The van der Waals surface area contributed by atoms with Crippen molar-refractivity contribution >= 4 is 28.4 Å². The SMILES string of the molecule is CCOc1ccc(C(=O)COc2ccccc2I)cc1. The molecule has 2 aromatic carbocycles. The van der Waals surface area contributed by atoms with Gasteiger partial charge >= 0.3 is 0 Å². The molecule has 0 saturated carbocycles. The maximum absolute atomic E-state index is 12.0. The van der Waals surface area contributed by atoms with Crippen LogP contribution in [-0.2, 0) is 0 Å². The number of benzene rings is 2. The van der Waals surface area contributed by atoms with E-state index in [0.717, 1.165) is 15.1 Å². The maximum atomic E-state index is 12.0. The minimum Gasteiger partial charge on any atom is -0.494 e. The first-order valence-corrected chi connectivity index (χ1v) is 7.42. The predicted octanol–water partition coefficient (Wildman–Crippen LogP) is 3.95. The van der Waals surface area contributed by atoms with E-state index in [0.29, 0.717) is 12.2 Å². The van der Waals surface area contributed by atoms with Gasteiger partial charge in [-0.1, -0.05) is 12.1 Å². The Bertz CT molecular complexity index is 579. The number of hydrogen-bond acceptors (Lipinski definition) is 3. The molecule has 104 valence electrons. The Labute approximate surface area is 132 Å². The van der Waals surface area contributed by atoms with Crippen LogP contribution >= 0.6 is 22.6 Å². The minimum absolute atomic E-state index is 0.0357. The van der Waals surface area contributed by atoms with E-state index in [4.69, 9.17) is 9.47 Å². The van der Waals surface area contributed by atoms with E-state index in [-0.39, 0.29) is 12.4 Å². The van der Waals surface area contributed by atoms with Crippen molar-refractivity contribution in [1.82, 2.24) is 0 Å². The second kappa shape index (κ2) is 7.28. The van der Waals surface area contributed by atoms with E-state index < -0.39 is 0 Å². The molecule has 0 atom stereocenters. The summed E-state index contributed by atoms with van der Waals surface area (Å²) in [6, 6.07) is 14.7. The molecule has 0 aromatic heterocycles. The molecule has 0 aliphatic carbocycles. The van der Waals surface area contributed by atoms with Crippen molar-refractivity contribution in [3.8, 4) is 11.5 Å². The number of carbonyl (C=O) groups excluding carboxylic acids is 1. The highest BCUT2D eigenvalue weighted by Crippen LogP contribution is 2.20. The molecule has 0 unspecified atom stereocenters. The summed E-state index contributed by atoms with van der Waals surface area (Å²) in [5.74, 6) is 1.45. The van der Waals surface area contributed by atoms with Crippen molar-refractivity contribution in [3.63, 3.8) is 0 Å². The van der Waals surface area contributed by atoms with Crippen LogP contribution < -0.4 is 9.47 Å². The third-order valence-corrected chi connectivity index (χ3v) is 3.57. The van der Waals surface area contributed by atoms with E-state index in [1.54, 1.807) is 24.3 Å². The van der Waals surface area contributed by atoms with Gasteiger partial charge in [0.1, 0.15) is 11.5 Å². The third kappa shape index (κ3) is 3.96. The second-order valence-electron chi connectivity index (χ2n) is 4.10. The van der Waals surface area contributed by atoms with Gasteiger partial charge in [-0.2, -0.15) is 0 Å². The highest BCUT2D eigenvalue weighted by atomic mass is 127. The highest BCUT2D eigenvalue weighted by Gasteiger charge is 2.08. The van der Waals surface area contributed by atoms with E-state index in [9.17, 15) is 4.79 Å². The third-order valence-electron chi connectivity index (χ3n) is 2.68. The summed E-state index contributed by atoms with van der Waals surface area (Å²) < 4.78 is 11.9. The van der Waals surface area contributed by atoms with E-state index in [2.05, 4.69) is 22.6 Å². The molecule has 2 aromatic rings.